The van der Waals surface area contributed by atoms with E-state index in [1.54, 1.807) is 0 Å². The molecule has 0 aromatic heterocycles. The zero-order chi connectivity index (χ0) is 17.2. The van der Waals surface area contributed by atoms with Gasteiger partial charge in [0.05, 0.1) is 6.10 Å². The quantitative estimate of drug-likeness (QED) is 0.448. The number of hydrogen-bond donors (Lipinski definition) is 1. The fraction of sp³-hybridized carbons (Fsp3) is 0.565. The van der Waals surface area contributed by atoms with E-state index >= 15 is 0 Å². The smallest absolute Gasteiger partial charge is 0.0608 e. The minimum Gasteiger partial charge on any atom is -0.392 e. The molecular formula is C23H34O. The van der Waals surface area contributed by atoms with Crippen molar-refractivity contribution in [2.24, 2.45) is 0 Å². The summed E-state index contributed by atoms with van der Waals surface area (Å²) in [6.07, 6.45) is 10.8. The Labute approximate surface area is 148 Å². The summed E-state index contributed by atoms with van der Waals surface area (Å²) in [4.78, 5) is 0. The zero-order valence-electron chi connectivity index (χ0n) is 15.5. The van der Waals surface area contributed by atoms with Gasteiger partial charge in [-0.15, -0.1) is 0 Å². The maximum atomic E-state index is 10.8. The molecule has 0 aliphatic heterocycles. The zero-order valence-corrected chi connectivity index (χ0v) is 15.5. The van der Waals surface area contributed by atoms with Crippen LogP contribution in [0.2, 0.25) is 0 Å². The minimum absolute atomic E-state index is 0.226. The minimum atomic E-state index is -0.226. The maximum absolute atomic E-state index is 10.8. The third kappa shape index (κ3) is 5.34. The molecule has 2 aromatic rings. The average molecular weight is 327 g/mol. The van der Waals surface area contributed by atoms with Gasteiger partial charge in [0.2, 0.25) is 0 Å². The van der Waals surface area contributed by atoms with Gasteiger partial charge in [0.25, 0.3) is 0 Å². The number of hydrogen-bond acceptors (Lipinski definition) is 1. The van der Waals surface area contributed by atoms with E-state index in [4.69, 9.17) is 0 Å². The van der Waals surface area contributed by atoms with Crippen LogP contribution in [0.4, 0.5) is 0 Å². The molecule has 1 N–H and O–H groups in total. The van der Waals surface area contributed by atoms with Crippen LogP contribution in [0.1, 0.15) is 83.1 Å². The van der Waals surface area contributed by atoms with Crippen LogP contribution < -0.4 is 0 Å². The predicted molar refractivity (Wildman–Crippen MR) is 106 cm³/mol. The molecule has 0 saturated carbocycles. The van der Waals surface area contributed by atoms with Gasteiger partial charge in [-0.3, -0.25) is 0 Å². The van der Waals surface area contributed by atoms with Crippen molar-refractivity contribution in [3.8, 4) is 0 Å². The second-order valence-corrected chi connectivity index (χ2v) is 7.06. The fourth-order valence-electron chi connectivity index (χ4n) is 3.78. The highest BCUT2D eigenvalue weighted by Gasteiger charge is 2.20. The van der Waals surface area contributed by atoms with E-state index < -0.39 is 0 Å². The molecule has 1 nitrogen and oxygen atoms in total. The molecule has 2 atom stereocenters. The van der Waals surface area contributed by atoms with E-state index in [-0.39, 0.29) is 12.0 Å². The highest BCUT2D eigenvalue weighted by Crippen LogP contribution is 2.32. The molecule has 0 amide bonds. The first-order valence-corrected chi connectivity index (χ1v) is 9.93. The summed E-state index contributed by atoms with van der Waals surface area (Å²) in [5.41, 5.74) is 1.31. The van der Waals surface area contributed by atoms with Crippen molar-refractivity contribution in [2.75, 3.05) is 0 Å². The van der Waals surface area contributed by atoms with Crippen molar-refractivity contribution in [1.29, 1.82) is 0 Å². The highest BCUT2D eigenvalue weighted by molar-refractivity contribution is 5.86. The normalized spacial score (nSPS) is 14.0. The third-order valence-corrected chi connectivity index (χ3v) is 5.23. The molecule has 0 spiro atoms. The lowest BCUT2D eigenvalue weighted by Gasteiger charge is -2.23. The van der Waals surface area contributed by atoms with Gasteiger partial charge in [-0.05, 0) is 29.2 Å². The van der Waals surface area contributed by atoms with Crippen molar-refractivity contribution < 1.29 is 5.11 Å². The molecule has 0 heterocycles. The lowest BCUT2D eigenvalue weighted by molar-refractivity contribution is 0.128. The van der Waals surface area contributed by atoms with Gasteiger partial charge in [-0.2, -0.15) is 0 Å². The maximum Gasteiger partial charge on any atom is 0.0608 e. The van der Waals surface area contributed by atoms with E-state index in [1.807, 2.05) is 0 Å². The summed E-state index contributed by atoms with van der Waals surface area (Å²) >= 11 is 0. The van der Waals surface area contributed by atoms with Gasteiger partial charge < -0.3 is 5.11 Å². The number of rotatable bonds is 11. The Morgan fingerprint density at radius 3 is 2.21 bits per heavy atom. The van der Waals surface area contributed by atoms with Crippen molar-refractivity contribution >= 4 is 10.8 Å². The summed E-state index contributed by atoms with van der Waals surface area (Å²) in [6, 6.07) is 15.0. The van der Waals surface area contributed by atoms with Gasteiger partial charge in [-0.1, -0.05) is 101 Å². The van der Waals surface area contributed by atoms with Gasteiger partial charge in [0, 0.05) is 5.92 Å². The molecule has 0 fully saturated rings. The fourth-order valence-corrected chi connectivity index (χ4v) is 3.78. The third-order valence-electron chi connectivity index (χ3n) is 5.23. The standard InChI is InChI=1S/C23H34O/c1-3-5-6-7-8-9-10-18-23(24)20(4-2)22-17-13-15-19-14-11-12-16-21(19)22/h11-17,20,23-24H,3-10,18H2,1-2H3. The summed E-state index contributed by atoms with van der Waals surface area (Å²) in [7, 11) is 0. The SMILES string of the molecule is CCCCCCCCCC(O)C(CC)c1cccc2ccccc12. The first-order valence-electron chi connectivity index (χ1n) is 9.93. The number of aliphatic hydroxyl groups is 1. The Balaban J connectivity index is 1.90. The lowest BCUT2D eigenvalue weighted by Crippen LogP contribution is -2.18. The Morgan fingerprint density at radius 2 is 1.46 bits per heavy atom. The Kier molecular flexibility index (Phi) is 8.32. The molecule has 0 aliphatic carbocycles. The molecule has 1 heteroatoms. The molecular weight excluding hydrogens is 292 g/mol. The van der Waals surface area contributed by atoms with Gasteiger partial charge in [0.1, 0.15) is 0 Å². The van der Waals surface area contributed by atoms with Crippen LogP contribution in [0, 0.1) is 0 Å². The summed E-state index contributed by atoms with van der Waals surface area (Å²) in [5, 5.41) is 13.3. The van der Waals surface area contributed by atoms with E-state index in [0.717, 1.165) is 19.3 Å². The van der Waals surface area contributed by atoms with E-state index in [2.05, 4.69) is 56.3 Å². The van der Waals surface area contributed by atoms with Crippen molar-refractivity contribution in [3.63, 3.8) is 0 Å². The van der Waals surface area contributed by atoms with Crippen molar-refractivity contribution in [3.05, 3.63) is 48.0 Å². The van der Waals surface area contributed by atoms with Crippen molar-refractivity contribution in [2.45, 2.75) is 83.7 Å². The number of fused-ring (bicyclic) bond motifs is 1. The molecule has 0 bridgehead atoms. The van der Waals surface area contributed by atoms with Crippen LogP contribution in [0.5, 0.6) is 0 Å². The van der Waals surface area contributed by atoms with E-state index in [0.29, 0.717) is 0 Å². The van der Waals surface area contributed by atoms with Crippen LogP contribution >= 0.6 is 0 Å². The number of aliphatic hydroxyl groups excluding tert-OH is 1. The first kappa shape index (κ1) is 19.0. The summed E-state index contributed by atoms with van der Waals surface area (Å²) < 4.78 is 0. The Hall–Kier alpha value is -1.34. The molecule has 2 unspecified atom stereocenters. The van der Waals surface area contributed by atoms with Crippen LogP contribution in [-0.4, -0.2) is 11.2 Å². The largest absolute Gasteiger partial charge is 0.392 e. The van der Waals surface area contributed by atoms with Crippen molar-refractivity contribution in [1.82, 2.24) is 0 Å². The predicted octanol–water partition coefficient (Wildman–Crippen LogP) is 6.84. The lowest BCUT2D eigenvalue weighted by atomic mass is 9.85. The van der Waals surface area contributed by atoms with Crippen LogP contribution in [-0.2, 0) is 0 Å². The summed E-state index contributed by atoms with van der Waals surface area (Å²) in [6.45, 7) is 4.45. The van der Waals surface area contributed by atoms with Gasteiger partial charge in [0.15, 0.2) is 0 Å². The van der Waals surface area contributed by atoms with Gasteiger partial charge >= 0.3 is 0 Å². The monoisotopic (exact) mass is 326 g/mol. The van der Waals surface area contributed by atoms with Crippen LogP contribution in [0.25, 0.3) is 10.8 Å². The molecule has 0 aliphatic rings. The first-order chi connectivity index (χ1) is 11.8. The second-order valence-electron chi connectivity index (χ2n) is 7.06. The molecule has 2 rings (SSSR count). The molecule has 2 aromatic carbocycles. The van der Waals surface area contributed by atoms with Crippen LogP contribution in [0.15, 0.2) is 42.5 Å². The Morgan fingerprint density at radius 1 is 0.792 bits per heavy atom. The second kappa shape index (κ2) is 10.5. The molecule has 0 saturated heterocycles. The van der Waals surface area contributed by atoms with E-state index in [1.165, 1.54) is 54.9 Å². The summed E-state index contributed by atoms with van der Waals surface area (Å²) in [5.74, 6) is 0.246. The van der Waals surface area contributed by atoms with E-state index in [9.17, 15) is 5.11 Å². The molecule has 24 heavy (non-hydrogen) atoms. The average Bonchev–Trinajstić information content (AvgIpc) is 2.62. The molecule has 132 valence electrons. The van der Waals surface area contributed by atoms with Crippen LogP contribution in [0.3, 0.4) is 0 Å². The number of benzene rings is 2. The van der Waals surface area contributed by atoms with Gasteiger partial charge in [-0.25, -0.2) is 0 Å². The molecule has 0 radical (unpaired) electrons. The topological polar surface area (TPSA) is 20.2 Å². The highest BCUT2D eigenvalue weighted by atomic mass is 16.3. The number of unbranched alkanes of at least 4 members (excludes halogenated alkanes) is 6. The Bertz CT molecular complexity index is 584.